The molecule has 1 saturated carbocycles. The number of hydrogen-bond acceptors (Lipinski definition) is 4. The summed E-state index contributed by atoms with van der Waals surface area (Å²) in [6.07, 6.45) is 3.72. The summed E-state index contributed by atoms with van der Waals surface area (Å²) >= 11 is 0. The average Bonchev–Trinajstić information content (AvgIpc) is 2.59. The molecule has 1 aliphatic heterocycles. The number of likely N-dealkylation sites (tertiary alicyclic amines) is 1. The number of carboxylic acid groups (broad SMARTS) is 1. The molecule has 138 valence electrons. The van der Waals surface area contributed by atoms with Gasteiger partial charge >= 0.3 is 5.97 Å². The number of benzene rings is 1. The first-order valence-corrected chi connectivity index (χ1v) is 9.28. The van der Waals surface area contributed by atoms with Crippen molar-refractivity contribution in [1.29, 1.82) is 0 Å². The highest BCUT2D eigenvalue weighted by molar-refractivity contribution is 5.71. The third-order valence-corrected chi connectivity index (χ3v) is 6.08. The zero-order chi connectivity index (χ0) is 18.0. The number of nitrogens with zero attached hydrogens (tertiary/aromatic N) is 1. The van der Waals surface area contributed by atoms with Crippen molar-refractivity contribution < 1.29 is 19.7 Å². The largest absolute Gasteiger partial charge is 0.497 e. The van der Waals surface area contributed by atoms with E-state index in [0.29, 0.717) is 12.8 Å². The number of aliphatic hydroxyl groups is 1. The molecule has 1 aromatic rings. The Morgan fingerprint density at radius 1 is 1.28 bits per heavy atom. The van der Waals surface area contributed by atoms with Crippen LogP contribution in [0.5, 0.6) is 5.75 Å². The molecule has 25 heavy (non-hydrogen) atoms. The van der Waals surface area contributed by atoms with Crippen LogP contribution in [-0.2, 0) is 17.8 Å². The van der Waals surface area contributed by atoms with E-state index >= 15 is 0 Å². The maximum absolute atomic E-state index is 11.0. The maximum atomic E-state index is 11.0. The molecule has 0 unspecified atom stereocenters. The minimum Gasteiger partial charge on any atom is -0.497 e. The van der Waals surface area contributed by atoms with Gasteiger partial charge in [0.15, 0.2) is 0 Å². The standard InChI is InChI=1S/C20H29NO4/c1-3-14-10-18(25-2)5-4-15(14)13-21-8-6-17(7-9-21)20(24)11-16(12-20)19(22)23/h4-5,10,16-17,24H,3,6-9,11-13H2,1-2H3,(H,22,23). The van der Waals surface area contributed by atoms with Crippen LogP contribution in [0.15, 0.2) is 18.2 Å². The molecule has 5 nitrogen and oxygen atoms in total. The van der Waals surface area contributed by atoms with Gasteiger partial charge in [0, 0.05) is 6.54 Å². The molecule has 2 N–H and O–H groups in total. The van der Waals surface area contributed by atoms with Gasteiger partial charge in [-0.2, -0.15) is 0 Å². The number of rotatable bonds is 6. The molecule has 1 heterocycles. The van der Waals surface area contributed by atoms with Crippen LogP contribution < -0.4 is 4.74 Å². The Bertz CT molecular complexity index is 616. The first-order chi connectivity index (χ1) is 11.9. The normalized spacial score (nSPS) is 27.7. The van der Waals surface area contributed by atoms with E-state index in [0.717, 1.165) is 44.6 Å². The number of ether oxygens (including phenoxy) is 1. The van der Waals surface area contributed by atoms with Gasteiger partial charge < -0.3 is 14.9 Å². The monoisotopic (exact) mass is 347 g/mol. The van der Waals surface area contributed by atoms with E-state index in [9.17, 15) is 9.90 Å². The Morgan fingerprint density at radius 3 is 2.52 bits per heavy atom. The Morgan fingerprint density at radius 2 is 1.96 bits per heavy atom. The van der Waals surface area contributed by atoms with Crippen LogP contribution in [0.25, 0.3) is 0 Å². The lowest BCUT2D eigenvalue weighted by Crippen LogP contribution is -2.54. The second-order valence-corrected chi connectivity index (χ2v) is 7.59. The SMILES string of the molecule is CCc1cc(OC)ccc1CN1CCC(C2(O)CC(C(=O)O)C2)CC1. The molecule has 5 heteroatoms. The summed E-state index contributed by atoms with van der Waals surface area (Å²) < 4.78 is 5.31. The van der Waals surface area contributed by atoms with Crippen molar-refractivity contribution >= 4 is 5.97 Å². The fourth-order valence-corrected chi connectivity index (χ4v) is 4.38. The van der Waals surface area contributed by atoms with Gasteiger partial charge in [0.25, 0.3) is 0 Å². The summed E-state index contributed by atoms with van der Waals surface area (Å²) in [5, 5.41) is 19.7. The number of piperidine rings is 1. The number of aryl methyl sites for hydroxylation is 1. The Balaban J connectivity index is 1.54. The van der Waals surface area contributed by atoms with E-state index < -0.39 is 11.6 Å². The molecular formula is C20H29NO4. The van der Waals surface area contributed by atoms with Crippen molar-refractivity contribution in [2.75, 3.05) is 20.2 Å². The summed E-state index contributed by atoms with van der Waals surface area (Å²) in [6, 6.07) is 6.29. The number of carbonyl (C=O) groups is 1. The second-order valence-electron chi connectivity index (χ2n) is 7.59. The van der Waals surface area contributed by atoms with Crippen LogP contribution in [0.2, 0.25) is 0 Å². The molecule has 3 rings (SSSR count). The Hall–Kier alpha value is -1.59. The molecule has 1 aromatic carbocycles. The van der Waals surface area contributed by atoms with E-state index in [1.807, 2.05) is 6.07 Å². The highest BCUT2D eigenvalue weighted by Gasteiger charge is 2.51. The Labute approximate surface area is 149 Å². The van der Waals surface area contributed by atoms with Crippen LogP contribution in [-0.4, -0.2) is 46.9 Å². The minimum atomic E-state index is -0.770. The van der Waals surface area contributed by atoms with Gasteiger partial charge in [0.1, 0.15) is 5.75 Å². The molecule has 2 aliphatic rings. The number of hydrogen-bond donors (Lipinski definition) is 2. The van der Waals surface area contributed by atoms with Crippen molar-refractivity contribution in [3.05, 3.63) is 29.3 Å². The third-order valence-electron chi connectivity index (χ3n) is 6.08. The lowest BCUT2D eigenvalue weighted by atomic mass is 9.62. The molecule has 1 aliphatic carbocycles. The van der Waals surface area contributed by atoms with E-state index in [1.165, 1.54) is 11.1 Å². The van der Waals surface area contributed by atoms with E-state index in [1.54, 1.807) is 7.11 Å². The lowest BCUT2D eigenvalue weighted by molar-refractivity contribution is -0.170. The smallest absolute Gasteiger partial charge is 0.306 e. The molecule has 0 bridgehead atoms. The molecule has 1 saturated heterocycles. The first-order valence-electron chi connectivity index (χ1n) is 9.28. The predicted molar refractivity (Wildman–Crippen MR) is 95.7 cm³/mol. The maximum Gasteiger partial charge on any atom is 0.306 e. The fourth-order valence-electron chi connectivity index (χ4n) is 4.38. The molecule has 0 amide bonds. The van der Waals surface area contributed by atoms with Crippen molar-refractivity contribution in [2.24, 2.45) is 11.8 Å². The lowest BCUT2D eigenvalue weighted by Gasteiger charge is -2.49. The molecule has 0 atom stereocenters. The number of carboxylic acids is 1. The summed E-state index contributed by atoms with van der Waals surface area (Å²) in [5.41, 5.74) is 1.92. The number of aliphatic carboxylic acids is 1. The minimum absolute atomic E-state index is 0.237. The topological polar surface area (TPSA) is 70.0 Å². The summed E-state index contributed by atoms with van der Waals surface area (Å²) in [6.45, 7) is 5.01. The van der Waals surface area contributed by atoms with E-state index in [2.05, 4.69) is 24.0 Å². The zero-order valence-electron chi connectivity index (χ0n) is 15.2. The van der Waals surface area contributed by atoms with Gasteiger partial charge in [-0.1, -0.05) is 13.0 Å². The zero-order valence-corrected chi connectivity index (χ0v) is 15.2. The van der Waals surface area contributed by atoms with Gasteiger partial charge in [-0.3, -0.25) is 9.69 Å². The van der Waals surface area contributed by atoms with Crippen molar-refractivity contribution in [2.45, 2.75) is 51.2 Å². The van der Waals surface area contributed by atoms with Gasteiger partial charge in [0.2, 0.25) is 0 Å². The quantitative estimate of drug-likeness (QED) is 0.828. The first kappa shape index (κ1) is 18.2. The van der Waals surface area contributed by atoms with Gasteiger partial charge in [-0.05, 0) is 74.4 Å². The van der Waals surface area contributed by atoms with Gasteiger partial charge in [-0.15, -0.1) is 0 Å². The molecule has 0 aromatic heterocycles. The third kappa shape index (κ3) is 3.82. The second kappa shape index (κ2) is 7.34. The highest BCUT2D eigenvalue weighted by Crippen LogP contribution is 2.46. The van der Waals surface area contributed by atoms with Crippen LogP contribution in [0.3, 0.4) is 0 Å². The van der Waals surface area contributed by atoms with Crippen molar-refractivity contribution in [1.82, 2.24) is 4.90 Å². The van der Waals surface area contributed by atoms with Crippen LogP contribution in [0.4, 0.5) is 0 Å². The highest BCUT2D eigenvalue weighted by atomic mass is 16.5. The predicted octanol–water partition coefficient (Wildman–Crippen LogP) is 2.70. The number of methoxy groups -OCH3 is 1. The average molecular weight is 347 g/mol. The molecular weight excluding hydrogens is 318 g/mol. The fraction of sp³-hybridized carbons (Fsp3) is 0.650. The van der Waals surface area contributed by atoms with Crippen LogP contribution >= 0.6 is 0 Å². The van der Waals surface area contributed by atoms with Crippen LogP contribution in [0, 0.1) is 11.8 Å². The van der Waals surface area contributed by atoms with E-state index in [-0.39, 0.29) is 11.8 Å². The molecule has 2 fully saturated rings. The van der Waals surface area contributed by atoms with Crippen molar-refractivity contribution in [3.63, 3.8) is 0 Å². The Kier molecular flexibility index (Phi) is 5.35. The van der Waals surface area contributed by atoms with Gasteiger partial charge in [0.05, 0.1) is 18.6 Å². The molecule has 0 spiro atoms. The molecule has 0 radical (unpaired) electrons. The summed E-state index contributed by atoms with van der Waals surface area (Å²) in [4.78, 5) is 13.4. The van der Waals surface area contributed by atoms with Gasteiger partial charge in [-0.25, -0.2) is 0 Å². The summed E-state index contributed by atoms with van der Waals surface area (Å²) in [5.74, 6) is 0.0171. The van der Waals surface area contributed by atoms with Crippen molar-refractivity contribution in [3.8, 4) is 5.75 Å². The van der Waals surface area contributed by atoms with Crippen LogP contribution in [0.1, 0.15) is 43.7 Å². The summed E-state index contributed by atoms with van der Waals surface area (Å²) in [7, 11) is 1.69. The van der Waals surface area contributed by atoms with E-state index in [4.69, 9.17) is 9.84 Å².